The van der Waals surface area contributed by atoms with E-state index in [1.54, 1.807) is 18.2 Å². The summed E-state index contributed by atoms with van der Waals surface area (Å²) in [6, 6.07) is 9.08. The number of hydrogen-bond acceptors (Lipinski definition) is 3. The van der Waals surface area contributed by atoms with Gasteiger partial charge in [-0.2, -0.15) is 5.10 Å². The highest BCUT2D eigenvalue weighted by molar-refractivity contribution is 6.30. The van der Waals surface area contributed by atoms with E-state index in [9.17, 15) is 9.59 Å². The maximum atomic E-state index is 12.0. The predicted molar refractivity (Wildman–Crippen MR) is 115 cm³/mol. The van der Waals surface area contributed by atoms with E-state index in [1.165, 1.54) is 0 Å². The fraction of sp³-hybridized carbons (Fsp3) is 0.286. The molecule has 1 amide bonds. The second kappa shape index (κ2) is 11.4. The van der Waals surface area contributed by atoms with Crippen molar-refractivity contribution in [2.24, 2.45) is 0 Å². The molecule has 154 valence electrons. The van der Waals surface area contributed by atoms with Crippen LogP contribution in [0, 0.1) is 0 Å². The maximum absolute atomic E-state index is 12.0. The summed E-state index contributed by atoms with van der Waals surface area (Å²) < 4.78 is 1.82. The predicted octanol–water partition coefficient (Wildman–Crippen LogP) is 4.29. The van der Waals surface area contributed by atoms with Crippen molar-refractivity contribution in [3.05, 3.63) is 70.5 Å². The number of benzene rings is 1. The Morgan fingerprint density at radius 3 is 2.59 bits per heavy atom. The molecule has 0 saturated carbocycles. The summed E-state index contributed by atoms with van der Waals surface area (Å²) in [7, 11) is 0. The maximum Gasteiger partial charge on any atom is 0.305 e. The second-order valence-corrected chi connectivity index (χ2v) is 7.19. The van der Waals surface area contributed by atoms with Gasteiger partial charge in [0.15, 0.2) is 0 Å². The minimum Gasteiger partial charge on any atom is -0.481 e. The molecule has 2 aromatic rings. The Balaban J connectivity index is 1.94. The highest BCUT2D eigenvalue weighted by Crippen LogP contribution is 2.17. The minimum absolute atomic E-state index is 0.103. The summed E-state index contributed by atoms with van der Waals surface area (Å²) in [6.07, 6.45) is 6.18. The molecule has 2 N–H and O–H groups in total. The zero-order valence-electron chi connectivity index (χ0n) is 16.1. The Bertz CT molecular complexity index is 902. The lowest BCUT2D eigenvalue weighted by Gasteiger charge is -2.06. The number of carboxylic acids is 1. The first-order valence-corrected chi connectivity index (χ1v) is 10.0. The fourth-order valence-corrected chi connectivity index (χ4v) is 2.94. The van der Waals surface area contributed by atoms with Crippen LogP contribution in [-0.2, 0) is 11.3 Å². The molecule has 2 rings (SSSR count). The number of nitrogens with zero attached hydrogens (tertiary/aromatic N) is 2. The summed E-state index contributed by atoms with van der Waals surface area (Å²) in [4.78, 5) is 22.5. The van der Waals surface area contributed by atoms with E-state index < -0.39 is 5.97 Å². The molecule has 1 aromatic carbocycles. The van der Waals surface area contributed by atoms with Crippen molar-refractivity contribution in [3.63, 3.8) is 0 Å². The van der Waals surface area contributed by atoms with Gasteiger partial charge in [0.1, 0.15) is 0 Å². The van der Waals surface area contributed by atoms with E-state index >= 15 is 0 Å². The van der Waals surface area contributed by atoms with Crippen LogP contribution in [0.1, 0.15) is 41.4 Å². The number of carbonyl (C=O) groups is 2. The van der Waals surface area contributed by atoms with Crippen LogP contribution in [0.15, 0.2) is 53.7 Å². The third-order valence-corrected chi connectivity index (χ3v) is 4.59. The van der Waals surface area contributed by atoms with Gasteiger partial charge in [-0.3, -0.25) is 14.3 Å². The van der Waals surface area contributed by atoms with Crippen molar-refractivity contribution in [2.45, 2.75) is 26.3 Å². The van der Waals surface area contributed by atoms with Gasteiger partial charge in [-0.15, -0.1) is 11.6 Å². The zero-order valence-corrected chi connectivity index (χ0v) is 17.6. The number of aromatic nitrogens is 2. The second-order valence-electron chi connectivity index (χ2n) is 6.39. The molecule has 0 radical (unpaired) electrons. The molecule has 0 fully saturated rings. The van der Waals surface area contributed by atoms with Crippen LogP contribution < -0.4 is 5.32 Å². The molecule has 8 heteroatoms. The average molecular weight is 436 g/mol. The largest absolute Gasteiger partial charge is 0.481 e. The Morgan fingerprint density at radius 1 is 1.21 bits per heavy atom. The van der Waals surface area contributed by atoms with Gasteiger partial charge in [-0.05, 0) is 36.3 Å². The SMILES string of the molecule is C/C(=C\C/C(Cl)=C\CCl)c1ccn(Cc2ccc(C(=O)NCCC(=O)O)cc2)n1. The number of halogens is 2. The van der Waals surface area contributed by atoms with E-state index in [2.05, 4.69) is 10.4 Å². The first-order valence-electron chi connectivity index (χ1n) is 9.09. The molecule has 0 bridgehead atoms. The van der Waals surface area contributed by atoms with Crippen molar-refractivity contribution in [2.75, 3.05) is 12.4 Å². The van der Waals surface area contributed by atoms with Crippen LogP contribution in [0.3, 0.4) is 0 Å². The number of nitrogens with one attached hydrogen (secondary N) is 1. The summed E-state index contributed by atoms with van der Waals surface area (Å²) in [5, 5.41) is 16.5. The Hall–Kier alpha value is -2.57. The van der Waals surface area contributed by atoms with E-state index in [4.69, 9.17) is 28.3 Å². The van der Waals surface area contributed by atoms with Crippen molar-refractivity contribution in [1.82, 2.24) is 15.1 Å². The van der Waals surface area contributed by atoms with Crippen LogP contribution >= 0.6 is 23.2 Å². The number of amides is 1. The van der Waals surface area contributed by atoms with Crippen LogP contribution in [-0.4, -0.2) is 39.2 Å². The third-order valence-electron chi connectivity index (χ3n) is 4.13. The first kappa shape index (κ1) is 22.7. The number of allylic oxidation sites excluding steroid dienone is 4. The van der Waals surface area contributed by atoms with Crippen LogP contribution in [0.25, 0.3) is 5.57 Å². The monoisotopic (exact) mass is 435 g/mol. The lowest BCUT2D eigenvalue weighted by atomic mass is 10.1. The number of carboxylic acid groups (broad SMARTS) is 1. The minimum atomic E-state index is -0.945. The number of aliphatic carboxylic acids is 1. The Kier molecular flexibility index (Phi) is 8.96. The van der Waals surface area contributed by atoms with E-state index in [0.717, 1.165) is 16.8 Å². The Morgan fingerprint density at radius 2 is 1.93 bits per heavy atom. The molecule has 0 unspecified atom stereocenters. The van der Waals surface area contributed by atoms with Crippen LogP contribution in [0.2, 0.25) is 0 Å². The standard InChI is InChI=1S/C21H23Cl2N3O3/c1-15(2-7-18(23)8-11-22)19-10-13-26(25-19)14-16-3-5-17(6-4-16)21(29)24-12-9-20(27)28/h2-6,8,10,13H,7,9,11-12,14H2,1H3,(H,24,29)(H,27,28)/b15-2+,18-8+. The normalized spacial score (nSPS) is 12.1. The molecule has 0 atom stereocenters. The first-order chi connectivity index (χ1) is 13.9. The smallest absolute Gasteiger partial charge is 0.305 e. The summed E-state index contributed by atoms with van der Waals surface area (Å²) in [6.45, 7) is 2.65. The van der Waals surface area contributed by atoms with E-state index in [1.807, 2.05) is 42.1 Å². The molecule has 0 aliphatic carbocycles. The topological polar surface area (TPSA) is 84.2 Å². The highest BCUT2D eigenvalue weighted by atomic mass is 35.5. The van der Waals surface area contributed by atoms with Gasteiger partial charge in [-0.25, -0.2) is 0 Å². The molecule has 1 heterocycles. The van der Waals surface area contributed by atoms with Crippen molar-refractivity contribution < 1.29 is 14.7 Å². The van der Waals surface area contributed by atoms with E-state index in [0.29, 0.717) is 29.4 Å². The molecule has 0 saturated heterocycles. The summed E-state index contributed by atoms with van der Waals surface area (Å²) in [5.41, 5.74) is 3.38. The van der Waals surface area contributed by atoms with Crippen molar-refractivity contribution in [1.29, 1.82) is 0 Å². The lowest BCUT2D eigenvalue weighted by Crippen LogP contribution is -2.25. The molecule has 0 aliphatic heterocycles. The average Bonchev–Trinajstić information content (AvgIpc) is 3.15. The molecule has 0 spiro atoms. The zero-order chi connectivity index (χ0) is 21.2. The van der Waals surface area contributed by atoms with Crippen LogP contribution in [0.5, 0.6) is 0 Å². The van der Waals surface area contributed by atoms with Crippen molar-refractivity contribution in [3.8, 4) is 0 Å². The quantitative estimate of drug-likeness (QED) is 0.545. The summed E-state index contributed by atoms with van der Waals surface area (Å²) >= 11 is 11.7. The van der Waals surface area contributed by atoms with Gasteiger partial charge < -0.3 is 10.4 Å². The molecule has 1 aromatic heterocycles. The van der Waals surface area contributed by atoms with Gasteiger partial charge in [-0.1, -0.05) is 35.9 Å². The summed E-state index contributed by atoms with van der Waals surface area (Å²) in [5.74, 6) is -0.843. The number of alkyl halides is 1. The number of carbonyl (C=O) groups excluding carboxylic acids is 1. The molecule has 29 heavy (non-hydrogen) atoms. The van der Waals surface area contributed by atoms with Gasteiger partial charge >= 0.3 is 5.97 Å². The molecular weight excluding hydrogens is 413 g/mol. The van der Waals surface area contributed by atoms with Gasteiger partial charge in [0, 0.05) is 35.6 Å². The number of hydrogen-bond donors (Lipinski definition) is 2. The fourth-order valence-electron chi connectivity index (χ4n) is 2.52. The van der Waals surface area contributed by atoms with Gasteiger partial charge in [0.2, 0.25) is 0 Å². The van der Waals surface area contributed by atoms with Crippen LogP contribution in [0.4, 0.5) is 0 Å². The third kappa shape index (κ3) is 7.75. The van der Waals surface area contributed by atoms with Gasteiger partial charge in [0.05, 0.1) is 18.7 Å². The molecule has 6 nitrogen and oxygen atoms in total. The Labute approximate surface area is 179 Å². The molecule has 0 aliphatic rings. The highest BCUT2D eigenvalue weighted by Gasteiger charge is 2.07. The van der Waals surface area contributed by atoms with E-state index in [-0.39, 0.29) is 18.9 Å². The molecular formula is C21H23Cl2N3O3. The van der Waals surface area contributed by atoms with Gasteiger partial charge in [0.25, 0.3) is 5.91 Å². The lowest BCUT2D eigenvalue weighted by molar-refractivity contribution is -0.136. The van der Waals surface area contributed by atoms with Crippen molar-refractivity contribution >= 4 is 40.7 Å². The number of rotatable bonds is 10.